The Kier molecular flexibility index (Phi) is 7.31. The molecule has 196 valence electrons. The average Bonchev–Trinajstić information content (AvgIpc) is 3.61. The first-order valence-corrected chi connectivity index (χ1v) is 12.2. The highest BCUT2D eigenvalue weighted by Crippen LogP contribution is 2.26. The van der Waals surface area contributed by atoms with Gasteiger partial charge < -0.3 is 19.0 Å². The van der Waals surface area contributed by atoms with E-state index in [0.29, 0.717) is 11.3 Å². The quantitative estimate of drug-likeness (QED) is 0.189. The smallest absolute Gasteiger partial charge is 0.295 e. The third kappa shape index (κ3) is 5.93. The van der Waals surface area contributed by atoms with Crippen LogP contribution in [0.1, 0.15) is 27.2 Å². The highest BCUT2D eigenvalue weighted by molar-refractivity contribution is 5.92. The number of halogens is 1. The number of carbonyl (C=O) groups is 2. The lowest BCUT2D eigenvalue weighted by atomic mass is 10.1. The summed E-state index contributed by atoms with van der Waals surface area (Å²) in [4.78, 5) is 28.2. The molecule has 0 aliphatic carbocycles. The van der Waals surface area contributed by atoms with Gasteiger partial charge in [0.05, 0.1) is 5.56 Å². The Bertz CT molecular complexity index is 1610. The van der Waals surface area contributed by atoms with Gasteiger partial charge in [-0.2, -0.15) is 4.98 Å². The first-order chi connectivity index (χ1) is 18.9. The number of benzene rings is 3. The number of rotatable bonds is 9. The van der Waals surface area contributed by atoms with Crippen LogP contribution in [0.25, 0.3) is 34.2 Å². The maximum Gasteiger partial charge on any atom is 0.295 e. The normalized spacial score (nSPS) is 11.7. The minimum absolute atomic E-state index is 0.0219. The lowest BCUT2D eigenvalue weighted by Crippen LogP contribution is -2.38. The Balaban J connectivity index is 1.27. The van der Waals surface area contributed by atoms with Gasteiger partial charge >= 0.3 is 0 Å². The number of hydrogen-bond acceptors (Lipinski definition) is 7. The molecule has 0 fully saturated rings. The summed E-state index contributed by atoms with van der Waals surface area (Å²) in [6.45, 7) is 4.17. The van der Waals surface area contributed by atoms with Crippen LogP contribution in [-0.2, 0) is 16.0 Å². The zero-order chi connectivity index (χ0) is 27.4. The van der Waals surface area contributed by atoms with E-state index in [-0.39, 0.29) is 35.9 Å². The summed E-state index contributed by atoms with van der Waals surface area (Å²) in [6, 6.07) is 22.8. The molecule has 3 aromatic carbocycles. The van der Waals surface area contributed by atoms with E-state index in [0.717, 1.165) is 22.3 Å². The molecule has 0 saturated heterocycles. The second-order valence-electron chi connectivity index (χ2n) is 9.03. The van der Waals surface area contributed by atoms with E-state index >= 15 is 4.39 Å². The number of nitrogens with zero attached hydrogens (tertiary/aromatic N) is 2. The zero-order valence-corrected chi connectivity index (χ0v) is 21.2. The molecule has 2 aromatic heterocycles. The third-order valence-electron chi connectivity index (χ3n) is 6.10. The van der Waals surface area contributed by atoms with Gasteiger partial charge in [-0.3, -0.25) is 9.59 Å². The van der Waals surface area contributed by atoms with Crippen molar-refractivity contribution in [3.05, 3.63) is 107 Å². The van der Waals surface area contributed by atoms with Crippen LogP contribution < -0.4 is 5.32 Å². The van der Waals surface area contributed by atoms with Crippen LogP contribution >= 0.6 is 0 Å². The van der Waals surface area contributed by atoms with E-state index in [1.165, 1.54) is 18.2 Å². The largest absolute Gasteiger partial charge is 0.451 e. The van der Waals surface area contributed by atoms with E-state index in [4.69, 9.17) is 13.7 Å². The molecule has 1 unspecified atom stereocenters. The zero-order valence-electron chi connectivity index (χ0n) is 21.2. The van der Waals surface area contributed by atoms with Gasteiger partial charge in [-0.25, -0.2) is 4.39 Å². The van der Waals surface area contributed by atoms with Gasteiger partial charge in [0, 0.05) is 17.5 Å². The van der Waals surface area contributed by atoms with Gasteiger partial charge in [0.25, 0.3) is 18.3 Å². The van der Waals surface area contributed by atoms with E-state index in [1.807, 2.05) is 62.4 Å². The molecule has 5 rings (SSSR count). The summed E-state index contributed by atoms with van der Waals surface area (Å²) in [5, 5.41) is 6.50. The molecule has 1 N–H and O–H groups in total. The monoisotopic (exact) mass is 525 g/mol. The van der Waals surface area contributed by atoms with Crippen LogP contribution in [0.3, 0.4) is 0 Å². The Hall–Kier alpha value is -5.05. The van der Waals surface area contributed by atoms with Crippen LogP contribution in [0.5, 0.6) is 0 Å². The van der Waals surface area contributed by atoms with Gasteiger partial charge in [0.2, 0.25) is 5.82 Å². The fraction of sp³-hybridized carbons (Fsp3) is 0.133. The molecule has 0 saturated carbocycles. The third-order valence-corrected chi connectivity index (χ3v) is 6.10. The molecule has 2 heterocycles. The fourth-order valence-corrected chi connectivity index (χ4v) is 3.98. The predicted molar refractivity (Wildman–Crippen MR) is 141 cm³/mol. The van der Waals surface area contributed by atoms with Gasteiger partial charge in [-0.15, -0.1) is 0 Å². The Labute approximate surface area is 223 Å². The highest BCUT2D eigenvalue weighted by Gasteiger charge is 2.20. The lowest BCUT2D eigenvalue weighted by Gasteiger charge is -2.16. The molecule has 0 aliphatic rings. The van der Waals surface area contributed by atoms with E-state index in [1.54, 1.807) is 12.1 Å². The number of furan rings is 1. The number of ether oxygens (including phenoxy) is 1. The van der Waals surface area contributed by atoms with Gasteiger partial charge in [-0.1, -0.05) is 58.7 Å². The SMILES string of the molecule is Cc1ccc(-c2ccc(C(=O)NC(Cc3ccc(-c4noc(-c5ccc(C)cc5)n4)c(F)c3)OC=O)o2)cc1. The molecule has 39 heavy (non-hydrogen) atoms. The van der Waals surface area contributed by atoms with Crippen molar-refractivity contribution in [2.24, 2.45) is 0 Å². The minimum Gasteiger partial charge on any atom is -0.451 e. The number of hydrogen-bond donors (Lipinski definition) is 1. The Morgan fingerprint density at radius 1 is 0.974 bits per heavy atom. The number of carbonyl (C=O) groups excluding carboxylic acids is 2. The Morgan fingerprint density at radius 2 is 1.67 bits per heavy atom. The molecule has 1 atom stereocenters. The first-order valence-electron chi connectivity index (χ1n) is 12.2. The molecule has 0 spiro atoms. The van der Waals surface area contributed by atoms with E-state index < -0.39 is 18.0 Å². The molecule has 1 amide bonds. The Morgan fingerprint density at radius 3 is 2.33 bits per heavy atom. The molecule has 0 radical (unpaired) electrons. The van der Waals surface area contributed by atoms with Crippen molar-refractivity contribution < 1.29 is 27.7 Å². The maximum atomic E-state index is 15.0. The van der Waals surface area contributed by atoms with E-state index in [9.17, 15) is 9.59 Å². The summed E-state index contributed by atoms with van der Waals surface area (Å²) in [7, 11) is 0. The summed E-state index contributed by atoms with van der Waals surface area (Å²) < 4.78 is 31.1. The highest BCUT2D eigenvalue weighted by atomic mass is 19.1. The molecule has 8 nitrogen and oxygen atoms in total. The second-order valence-corrected chi connectivity index (χ2v) is 9.03. The molecular formula is C30H24FN3O5. The number of amides is 1. The first kappa shape index (κ1) is 25.6. The fourth-order valence-electron chi connectivity index (χ4n) is 3.98. The van der Waals surface area contributed by atoms with Crippen molar-refractivity contribution in [1.29, 1.82) is 0 Å². The molecule has 5 aromatic rings. The summed E-state index contributed by atoms with van der Waals surface area (Å²) in [6.07, 6.45) is -1.03. The molecule has 0 aliphatic heterocycles. The molecule has 0 bridgehead atoms. The van der Waals surface area contributed by atoms with Crippen LogP contribution in [0, 0.1) is 19.7 Å². The van der Waals surface area contributed by atoms with Crippen LogP contribution in [0.15, 0.2) is 87.8 Å². The lowest BCUT2D eigenvalue weighted by molar-refractivity contribution is -0.134. The van der Waals surface area contributed by atoms with Crippen molar-refractivity contribution in [2.75, 3.05) is 0 Å². The van der Waals surface area contributed by atoms with Crippen LogP contribution in [0.2, 0.25) is 0 Å². The second kappa shape index (κ2) is 11.1. The van der Waals surface area contributed by atoms with Crippen LogP contribution in [0.4, 0.5) is 4.39 Å². The van der Waals surface area contributed by atoms with Crippen molar-refractivity contribution >= 4 is 12.4 Å². The van der Waals surface area contributed by atoms with Crippen molar-refractivity contribution in [1.82, 2.24) is 15.5 Å². The van der Waals surface area contributed by atoms with Crippen molar-refractivity contribution in [3.8, 4) is 34.2 Å². The summed E-state index contributed by atoms with van der Waals surface area (Å²) in [5.41, 5.74) is 4.37. The predicted octanol–water partition coefficient (Wildman–Crippen LogP) is 5.89. The van der Waals surface area contributed by atoms with Gasteiger partial charge in [0.15, 0.2) is 12.0 Å². The van der Waals surface area contributed by atoms with Crippen molar-refractivity contribution in [2.45, 2.75) is 26.5 Å². The van der Waals surface area contributed by atoms with Crippen LogP contribution in [-0.4, -0.2) is 28.7 Å². The minimum atomic E-state index is -1.05. The number of nitrogens with one attached hydrogen (secondary N) is 1. The van der Waals surface area contributed by atoms with Gasteiger partial charge in [0.1, 0.15) is 11.6 Å². The summed E-state index contributed by atoms with van der Waals surface area (Å²) in [5.74, 6) is -0.211. The number of aryl methyl sites for hydroxylation is 2. The van der Waals surface area contributed by atoms with Crippen molar-refractivity contribution in [3.63, 3.8) is 0 Å². The molecule has 9 heteroatoms. The van der Waals surface area contributed by atoms with Gasteiger partial charge in [-0.05, 0) is 55.8 Å². The standard InChI is InChI=1S/C30H24FN3O5/c1-18-3-8-21(9-4-18)25-13-14-26(38-25)29(36)32-27(37-17-35)16-20-7-12-23(24(31)15-20)28-33-30(39-34-28)22-10-5-19(2)6-11-22/h3-15,17,27H,16H2,1-2H3,(H,32,36). The molecular weight excluding hydrogens is 501 g/mol. The average molecular weight is 526 g/mol. The topological polar surface area (TPSA) is 107 Å². The number of aromatic nitrogens is 2. The maximum absolute atomic E-state index is 15.0. The van der Waals surface area contributed by atoms with E-state index in [2.05, 4.69) is 15.5 Å². The summed E-state index contributed by atoms with van der Waals surface area (Å²) >= 11 is 0.